The van der Waals surface area contributed by atoms with Crippen LogP contribution in [0.4, 0.5) is 5.69 Å². The molecule has 0 amide bonds. The fourth-order valence-corrected chi connectivity index (χ4v) is 2.20. The molecule has 4 nitrogen and oxygen atoms in total. The highest BCUT2D eigenvalue weighted by molar-refractivity contribution is 5.92. The van der Waals surface area contributed by atoms with Gasteiger partial charge in [0.1, 0.15) is 0 Å². The predicted molar refractivity (Wildman–Crippen MR) is 94.0 cm³/mol. The Balaban J connectivity index is 2.03. The Hall–Kier alpha value is -2.33. The second-order valence-corrected chi connectivity index (χ2v) is 5.70. The molecule has 0 radical (unpaired) electrons. The lowest BCUT2D eigenvalue weighted by Crippen LogP contribution is -2.22. The molecule has 0 atom stereocenters. The smallest absolute Gasteiger partial charge is 0.193 e. The summed E-state index contributed by atoms with van der Waals surface area (Å²) in [5, 5.41) is 3.12. The Morgan fingerprint density at radius 3 is 2.32 bits per heavy atom. The van der Waals surface area contributed by atoms with Crippen molar-refractivity contribution in [3.8, 4) is 0 Å². The highest BCUT2D eigenvalue weighted by Gasteiger charge is 2.03. The average molecular weight is 296 g/mol. The van der Waals surface area contributed by atoms with Crippen molar-refractivity contribution in [2.75, 3.05) is 19.4 Å². The van der Waals surface area contributed by atoms with Crippen LogP contribution in [0.25, 0.3) is 0 Å². The minimum Gasteiger partial charge on any atom is -0.370 e. The van der Waals surface area contributed by atoms with Crippen LogP contribution in [-0.2, 0) is 13.1 Å². The van der Waals surface area contributed by atoms with Gasteiger partial charge in [0.05, 0.1) is 6.54 Å². The number of benzene rings is 2. The van der Waals surface area contributed by atoms with Crippen molar-refractivity contribution in [3.05, 3.63) is 65.2 Å². The maximum absolute atomic E-state index is 5.97. The van der Waals surface area contributed by atoms with Crippen LogP contribution in [0.5, 0.6) is 0 Å². The van der Waals surface area contributed by atoms with Crippen molar-refractivity contribution in [1.29, 1.82) is 0 Å². The molecule has 4 heteroatoms. The summed E-state index contributed by atoms with van der Waals surface area (Å²) in [6.07, 6.45) is 0. The van der Waals surface area contributed by atoms with E-state index in [-0.39, 0.29) is 0 Å². The van der Waals surface area contributed by atoms with Crippen LogP contribution >= 0.6 is 0 Å². The first-order valence-corrected chi connectivity index (χ1v) is 7.39. The summed E-state index contributed by atoms with van der Waals surface area (Å²) in [7, 11) is 4.13. The summed E-state index contributed by atoms with van der Waals surface area (Å²) in [5.41, 5.74) is 10.6. The molecule has 22 heavy (non-hydrogen) atoms. The number of aryl methyl sites for hydroxylation is 1. The van der Waals surface area contributed by atoms with E-state index in [2.05, 4.69) is 54.4 Å². The van der Waals surface area contributed by atoms with Gasteiger partial charge in [-0.1, -0.05) is 42.0 Å². The van der Waals surface area contributed by atoms with Crippen LogP contribution in [0.3, 0.4) is 0 Å². The highest BCUT2D eigenvalue weighted by atomic mass is 15.1. The van der Waals surface area contributed by atoms with Crippen LogP contribution in [0.1, 0.15) is 16.7 Å². The van der Waals surface area contributed by atoms with Gasteiger partial charge in [0.25, 0.3) is 0 Å². The van der Waals surface area contributed by atoms with Crippen LogP contribution in [0, 0.1) is 6.92 Å². The van der Waals surface area contributed by atoms with E-state index in [4.69, 9.17) is 5.73 Å². The molecule has 0 unspecified atom stereocenters. The molecule has 2 aromatic rings. The normalized spacial score (nSPS) is 11.7. The molecule has 0 aliphatic heterocycles. The Kier molecular flexibility index (Phi) is 5.55. The van der Waals surface area contributed by atoms with E-state index >= 15 is 0 Å². The van der Waals surface area contributed by atoms with Crippen LogP contribution in [0.2, 0.25) is 0 Å². The molecule has 2 rings (SSSR count). The minimum atomic E-state index is 0.434. The lowest BCUT2D eigenvalue weighted by Gasteiger charge is -2.13. The van der Waals surface area contributed by atoms with Gasteiger partial charge in [-0.15, -0.1) is 0 Å². The number of nitrogens with two attached hydrogens (primary N) is 1. The van der Waals surface area contributed by atoms with Crippen molar-refractivity contribution in [2.24, 2.45) is 10.7 Å². The Morgan fingerprint density at radius 1 is 1.05 bits per heavy atom. The summed E-state index contributed by atoms with van der Waals surface area (Å²) < 4.78 is 0. The lowest BCUT2D eigenvalue weighted by atomic mass is 10.1. The summed E-state index contributed by atoms with van der Waals surface area (Å²) >= 11 is 0. The van der Waals surface area contributed by atoms with Gasteiger partial charge < -0.3 is 16.0 Å². The molecular formula is C18H24N4. The van der Waals surface area contributed by atoms with E-state index in [1.807, 2.05) is 30.3 Å². The molecule has 0 bridgehead atoms. The van der Waals surface area contributed by atoms with Gasteiger partial charge >= 0.3 is 0 Å². The van der Waals surface area contributed by atoms with Crippen molar-refractivity contribution >= 4 is 11.6 Å². The summed E-state index contributed by atoms with van der Waals surface area (Å²) in [4.78, 5) is 6.59. The van der Waals surface area contributed by atoms with E-state index in [0.29, 0.717) is 12.5 Å². The molecule has 0 saturated heterocycles. The Bertz CT molecular complexity index is 630. The van der Waals surface area contributed by atoms with Crippen LogP contribution < -0.4 is 11.1 Å². The quantitative estimate of drug-likeness (QED) is 0.659. The average Bonchev–Trinajstić information content (AvgIpc) is 2.48. The van der Waals surface area contributed by atoms with Gasteiger partial charge in [0.15, 0.2) is 5.96 Å². The molecule has 116 valence electrons. The maximum atomic E-state index is 5.97. The largest absolute Gasteiger partial charge is 0.370 e. The number of anilines is 1. The van der Waals surface area contributed by atoms with E-state index in [9.17, 15) is 0 Å². The second-order valence-electron chi connectivity index (χ2n) is 5.70. The third-order valence-corrected chi connectivity index (χ3v) is 3.35. The topological polar surface area (TPSA) is 53.6 Å². The van der Waals surface area contributed by atoms with Gasteiger partial charge in [0, 0.05) is 12.2 Å². The van der Waals surface area contributed by atoms with Crippen molar-refractivity contribution < 1.29 is 0 Å². The first-order chi connectivity index (χ1) is 10.5. The lowest BCUT2D eigenvalue weighted by molar-refractivity contribution is 0.401. The van der Waals surface area contributed by atoms with Crippen molar-refractivity contribution in [1.82, 2.24) is 4.90 Å². The number of hydrogen-bond donors (Lipinski definition) is 2. The van der Waals surface area contributed by atoms with E-state index in [0.717, 1.165) is 12.2 Å². The van der Waals surface area contributed by atoms with E-state index < -0.39 is 0 Å². The molecule has 0 aliphatic carbocycles. The SMILES string of the molecule is Cc1ccc(NC(N)=NCc2ccccc2CN(C)C)cc1. The molecule has 0 fully saturated rings. The zero-order valence-electron chi connectivity index (χ0n) is 13.5. The molecule has 0 aromatic heterocycles. The molecule has 0 heterocycles. The predicted octanol–water partition coefficient (Wildman–Crippen LogP) is 2.98. The maximum Gasteiger partial charge on any atom is 0.193 e. The van der Waals surface area contributed by atoms with Crippen LogP contribution in [0.15, 0.2) is 53.5 Å². The van der Waals surface area contributed by atoms with Gasteiger partial charge in [-0.05, 0) is 44.3 Å². The number of nitrogens with one attached hydrogen (secondary N) is 1. The fourth-order valence-electron chi connectivity index (χ4n) is 2.20. The Morgan fingerprint density at radius 2 is 1.68 bits per heavy atom. The number of aliphatic imine (C=N–C) groups is 1. The fraction of sp³-hybridized carbons (Fsp3) is 0.278. The van der Waals surface area contributed by atoms with Crippen molar-refractivity contribution in [2.45, 2.75) is 20.0 Å². The Labute approximate surface area is 132 Å². The molecule has 3 N–H and O–H groups in total. The number of hydrogen-bond acceptors (Lipinski definition) is 2. The molecule has 0 spiro atoms. The van der Waals surface area contributed by atoms with E-state index in [1.54, 1.807) is 0 Å². The van der Waals surface area contributed by atoms with E-state index in [1.165, 1.54) is 16.7 Å². The van der Waals surface area contributed by atoms with Gasteiger partial charge in [-0.2, -0.15) is 0 Å². The molecule has 2 aromatic carbocycles. The zero-order valence-corrected chi connectivity index (χ0v) is 13.5. The van der Waals surface area contributed by atoms with Crippen molar-refractivity contribution in [3.63, 3.8) is 0 Å². The monoisotopic (exact) mass is 296 g/mol. The number of guanidine groups is 1. The first kappa shape index (κ1) is 16.0. The summed E-state index contributed by atoms with van der Waals surface area (Å²) in [5.74, 6) is 0.434. The second kappa shape index (κ2) is 7.61. The van der Waals surface area contributed by atoms with Gasteiger partial charge in [-0.3, -0.25) is 0 Å². The molecule has 0 saturated carbocycles. The zero-order chi connectivity index (χ0) is 15.9. The molecular weight excluding hydrogens is 272 g/mol. The standard InChI is InChI=1S/C18H24N4/c1-14-8-10-17(11-9-14)21-18(19)20-12-15-6-4-5-7-16(15)13-22(2)3/h4-11H,12-13H2,1-3H3,(H3,19,20,21). The third-order valence-electron chi connectivity index (χ3n) is 3.35. The highest BCUT2D eigenvalue weighted by Crippen LogP contribution is 2.12. The van der Waals surface area contributed by atoms with Gasteiger partial charge in [-0.25, -0.2) is 4.99 Å². The summed E-state index contributed by atoms with van der Waals surface area (Å²) in [6.45, 7) is 3.54. The summed E-state index contributed by atoms with van der Waals surface area (Å²) in [6, 6.07) is 16.4. The van der Waals surface area contributed by atoms with Gasteiger partial charge in [0.2, 0.25) is 0 Å². The third kappa shape index (κ3) is 4.90. The first-order valence-electron chi connectivity index (χ1n) is 7.39. The van der Waals surface area contributed by atoms with Crippen LogP contribution in [-0.4, -0.2) is 25.0 Å². The number of rotatable bonds is 5. The molecule has 0 aliphatic rings. The number of nitrogens with zero attached hydrogens (tertiary/aromatic N) is 2. The minimum absolute atomic E-state index is 0.434.